The third kappa shape index (κ3) is 5.16. The maximum atomic E-state index is 12.7. The van der Waals surface area contributed by atoms with Crippen LogP contribution in [0.15, 0.2) is 0 Å². The van der Waals surface area contributed by atoms with Gasteiger partial charge in [0, 0.05) is 24.9 Å². The van der Waals surface area contributed by atoms with Gasteiger partial charge in [0.15, 0.2) is 0 Å². The molecule has 1 atom stereocenters. The van der Waals surface area contributed by atoms with Crippen molar-refractivity contribution in [3.8, 4) is 0 Å². The molecule has 0 aromatic heterocycles. The minimum atomic E-state index is 0.317. The Morgan fingerprint density at radius 3 is 2.52 bits per heavy atom. The van der Waals surface area contributed by atoms with Crippen molar-refractivity contribution in [1.29, 1.82) is 0 Å². The summed E-state index contributed by atoms with van der Waals surface area (Å²) >= 11 is 5.87. The second kappa shape index (κ2) is 9.02. The summed E-state index contributed by atoms with van der Waals surface area (Å²) in [5, 5.41) is 0. The molecule has 2 aliphatic rings. The van der Waals surface area contributed by atoms with Gasteiger partial charge >= 0.3 is 0 Å². The van der Waals surface area contributed by atoms with Gasteiger partial charge in [-0.15, -0.1) is 11.6 Å². The molecule has 0 aromatic carbocycles. The maximum Gasteiger partial charge on any atom is 0.225 e. The molecule has 1 unspecified atom stereocenters. The fourth-order valence-corrected chi connectivity index (χ4v) is 4.41. The molecular weight excluding hydrogens is 282 g/mol. The molecule has 1 aliphatic heterocycles. The molecule has 0 radical (unpaired) electrons. The van der Waals surface area contributed by atoms with Crippen molar-refractivity contribution < 1.29 is 4.79 Å². The number of unbranched alkanes of at least 4 members (excludes halogenated alkanes) is 1. The minimum Gasteiger partial charge on any atom is -0.342 e. The Labute approximate surface area is 135 Å². The smallest absolute Gasteiger partial charge is 0.225 e. The van der Waals surface area contributed by atoms with Crippen LogP contribution in [0.3, 0.4) is 0 Å². The van der Waals surface area contributed by atoms with Gasteiger partial charge in [0.05, 0.1) is 0 Å². The average molecular weight is 314 g/mol. The molecule has 1 saturated carbocycles. The first-order valence-corrected chi connectivity index (χ1v) is 9.62. The zero-order valence-electron chi connectivity index (χ0n) is 13.7. The number of carbonyl (C=O) groups is 1. The highest BCUT2D eigenvalue weighted by Crippen LogP contribution is 2.33. The molecule has 0 spiro atoms. The van der Waals surface area contributed by atoms with Crippen LogP contribution in [0.25, 0.3) is 0 Å². The first-order chi connectivity index (χ1) is 10.2. The van der Waals surface area contributed by atoms with Crippen LogP contribution in [0, 0.1) is 17.8 Å². The van der Waals surface area contributed by atoms with Gasteiger partial charge in [0.1, 0.15) is 0 Å². The second-order valence-corrected chi connectivity index (χ2v) is 7.51. The number of piperidine rings is 1. The summed E-state index contributed by atoms with van der Waals surface area (Å²) < 4.78 is 0. The summed E-state index contributed by atoms with van der Waals surface area (Å²) in [6, 6.07) is 0. The quantitative estimate of drug-likeness (QED) is 0.642. The van der Waals surface area contributed by atoms with Crippen molar-refractivity contribution >= 4 is 17.5 Å². The number of hydrogen-bond acceptors (Lipinski definition) is 1. The number of nitrogens with zero attached hydrogens (tertiary/aromatic N) is 1. The van der Waals surface area contributed by atoms with Crippen LogP contribution < -0.4 is 0 Å². The SMILES string of the molecule is CCCCC1CCC(C(=O)N2CCCC(CCCl)C2)CC1. The summed E-state index contributed by atoms with van der Waals surface area (Å²) in [4.78, 5) is 14.9. The summed E-state index contributed by atoms with van der Waals surface area (Å²) in [6.45, 7) is 4.21. The van der Waals surface area contributed by atoms with Gasteiger partial charge < -0.3 is 4.90 Å². The van der Waals surface area contributed by atoms with Gasteiger partial charge in [0.2, 0.25) is 5.91 Å². The summed E-state index contributed by atoms with van der Waals surface area (Å²) in [6.07, 6.45) is 12.3. The molecule has 21 heavy (non-hydrogen) atoms. The van der Waals surface area contributed by atoms with Crippen molar-refractivity contribution in [2.45, 2.75) is 71.1 Å². The Balaban J connectivity index is 1.76. The lowest BCUT2D eigenvalue weighted by Crippen LogP contribution is -2.43. The van der Waals surface area contributed by atoms with E-state index >= 15 is 0 Å². The van der Waals surface area contributed by atoms with Gasteiger partial charge in [0.25, 0.3) is 0 Å². The standard InChI is InChI=1S/C18H32ClNO/c1-2-3-5-15-7-9-17(10-8-15)18(21)20-13-4-6-16(14-20)11-12-19/h15-17H,2-14H2,1H3. The molecular formula is C18H32ClNO. The monoisotopic (exact) mass is 313 g/mol. The normalized spacial score (nSPS) is 30.4. The predicted molar refractivity (Wildman–Crippen MR) is 89.6 cm³/mol. The van der Waals surface area contributed by atoms with E-state index in [0.29, 0.717) is 17.7 Å². The number of alkyl halides is 1. The number of likely N-dealkylation sites (tertiary alicyclic amines) is 1. The Bertz CT molecular complexity index is 310. The lowest BCUT2D eigenvalue weighted by atomic mass is 9.79. The molecule has 2 nitrogen and oxygen atoms in total. The van der Waals surface area contributed by atoms with Crippen molar-refractivity contribution in [2.24, 2.45) is 17.8 Å². The minimum absolute atomic E-state index is 0.317. The van der Waals surface area contributed by atoms with Crippen LogP contribution in [-0.4, -0.2) is 29.8 Å². The molecule has 0 N–H and O–H groups in total. The average Bonchev–Trinajstić information content (AvgIpc) is 2.53. The summed E-state index contributed by atoms with van der Waals surface area (Å²) in [5.41, 5.74) is 0. The first-order valence-electron chi connectivity index (χ1n) is 9.09. The molecule has 1 amide bonds. The lowest BCUT2D eigenvalue weighted by molar-refractivity contribution is -0.138. The largest absolute Gasteiger partial charge is 0.342 e. The van der Waals surface area contributed by atoms with E-state index in [2.05, 4.69) is 11.8 Å². The van der Waals surface area contributed by atoms with Crippen LogP contribution in [0.4, 0.5) is 0 Å². The van der Waals surface area contributed by atoms with E-state index in [1.54, 1.807) is 0 Å². The van der Waals surface area contributed by atoms with E-state index in [9.17, 15) is 4.79 Å². The molecule has 2 rings (SSSR count). The predicted octanol–water partition coefficient (Wildman–Crippen LogP) is 4.85. The van der Waals surface area contributed by atoms with Crippen molar-refractivity contribution in [3.05, 3.63) is 0 Å². The van der Waals surface area contributed by atoms with E-state index in [1.807, 2.05) is 0 Å². The maximum absolute atomic E-state index is 12.7. The Morgan fingerprint density at radius 1 is 1.10 bits per heavy atom. The number of rotatable bonds is 6. The molecule has 122 valence electrons. The molecule has 1 saturated heterocycles. The van der Waals surface area contributed by atoms with E-state index in [0.717, 1.165) is 44.1 Å². The Morgan fingerprint density at radius 2 is 1.86 bits per heavy atom. The second-order valence-electron chi connectivity index (χ2n) is 7.13. The van der Waals surface area contributed by atoms with Crippen molar-refractivity contribution in [1.82, 2.24) is 4.90 Å². The Kier molecular flexibility index (Phi) is 7.36. The number of halogens is 1. The van der Waals surface area contributed by atoms with E-state index in [-0.39, 0.29) is 0 Å². The van der Waals surface area contributed by atoms with Gasteiger partial charge in [-0.1, -0.05) is 26.2 Å². The van der Waals surface area contributed by atoms with Gasteiger partial charge in [-0.3, -0.25) is 4.79 Å². The van der Waals surface area contributed by atoms with Crippen molar-refractivity contribution in [3.63, 3.8) is 0 Å². The van der Waals surface area contributed by atoms with Crippen LogP contribution in [0.1, 0.15) is 71.1 Å². The first kappa shape index (κ1) is 17.1. The van der Waals surface area contributed by atoms with Gasteiger partial charge in [-0.2, -0.15) is 0 Å². The van der Waals surface area contributed by atoms with Crippen LogP contribution in [0.2, 0.25) is 0 Å². The number of hydrogen-bond donors (Lipinski definition) is 0. The number of amides is 1. The molecule has 2 fully saturated rings. The zero-order chi connectivity index (χ0) is 15.1. The van der Waals surface area contributed by atoms with Gasteiger partial charge in [-0.25, -0.2) is 0 Å². The van der Waals surface area contributed by atoms with Gasteiger partial charge in [-0.05, 0) is 56.8 Å². The zero-order valence-corrected chi connectivity index (χ0v) is 14.4. The van der Waals surface area contributed by atoms with Crippen LogP contribution >= 0.6 is 11.6 Å². The molecule has 3 heteroatoms. The molecule has 0 bridgehead atoms. The highest BCUT2D eigenvalue weighted by Gasteiger charge is 2.31. The van der Waals surface area contributed by atoms with Crippen LogP contribution in [0.5, 0.6) is 0 Å². The lowest BCUT2D eigenvalue weighted by Gasteiger charge is -2.37. The van der Waals surface area contributed by atoms with E-state index in [4.69, 9.17) is 11.6 Å². The summed E-state index contributed by atoms with van der Waals surface area (Å²) in [7, 11) is 0. The van der Waals surface area contributed by atoms with E-state index in [1.165, 1.54) is 44.9 Å². The third-order valence-electron chi connectivity index (χ3n) is 5.51. The van der Waals surface area contributed by atoms with Crippen LogP contribution in [-0.2, 0) is 4.79 Å². The van der Waals surface area contributed by atoms with Crippen molar-refractivity contribution in [2.75, 3.05) is 19.0 Å². The molecule has 1 heterocycles. The summed E-state index contributed by atoms with van der Waals surface area (Å²) in [5.74, 6) is 3.02. The molecule has 0 aromatic rings. The highest BCUT2D eigenvalue weighted by atomic mass is 35.5. The highest BCUT2D eigenvalue weighted by molar-refractivity contribution is 6.17. The van der Waals surface area contributed by atoms with E-state index < -0.39 is 0 Å². The third-order valence-corrected chi connectivity index (χ3v) is 5.73. The Hall–Kier alpha value is -0.240. The fraction of sp³-hybridized carbons (Fsp3) is 0.944. The number of carbonyl (C=O) groups excluding carboxylic acids is 1. The molecule has 1 aliphatic carbocycles. The fourth-order valence-electron chi connectivity index (χ4n) is 4.10. The topological polar surface area (TPSA) is 20.3 Å².